The molecule has 0 aromatic heterocycles. The van der Waals surface area contributed by atoms with E-state index in [1.54, 1.807) is 6.92 Å². The van der Waals surface area contributed by atoms with Crippen molar-refractivity contribution in [1.82, 2.24) is 19.6 Å². The predicted molar refractivity (Wildman–Crippen MR) is 151 cm³/mol. The van der Waals surface area contributed by atoms with Gasteiger partial charge in [0.2, 0.25) is 0 Å². The first-order valence-electron chi connectivity index (χ1n) is 14.5. The lowest BCUT2D eigenvalue weighted by atomic mass is 10.1. The van der Waals surface area contributed by atoms with Gasteiger partial charge in [0.15, 0.2) is 0 Å². The minimum Gasteiger partial charge on any atom is -0.304 e. The lowest BCUT2D eigenvalue weighted by molar-refractivity contribution is 0.141. The molecule has 0 spiro atoms. The Hall–Kier alpha value is -0.230. The number of hydrogen-bond donors (Lipinski definition) is 0. The largest absolute Gasteiger partial charge is 0.304 e. The van der Waals surface area contributed by atoms with Crippen LogP contribution in [0.5, 0.6) is 0 Å². The molecule has 0 aliphatic carbocycles. The van der Waals surface area contributed by atoms with E-state index in [4.69, 9.17) is 0 Å². The molecule has 3 fully saturated rings. The molecule has 3 aliphatic rings. The average molecular weight is 487 g/mol. The second kappa shape index (κ2) is 19.0. The smallest absolute Gasteiger partial charge is 0.122 e. The molecule has 3 aliphatic heterocycles. The van der Waals surface area contributed by atoms with Crippen molar-refractivity contribution in [1.29, 1.82) is 0 Å². The van der Waals surface area contributed by atoms with Crippen molar-refractivity contribution >= 4 is 0 Å². The molecule has 206 valence electrons. The molecule has 5 heteroatoms. The number of halogens is 1. The molecule has 0 aromatic carbocycles. The summed E-state index contributed by atoms with van der Waals surface area (Å²) in [4.78, 5) is 9.76. The second-order valence-corrected chi connectivity index (χ2v) is 12.0. The topological polar surface area (TPSA) is 13.0 Å². The predicted octanol–water partition coefficient (Wildman–Crippen LogP) is 6.12. The Morgan fingerprint density at radius 1 is 0.618 bits per heavy atom. The van der Waals surface area contributed by atoms with Gasteiger partial charge in [-0.25, -0.2) is 4.39 Å². The molecule has 0 amide bonds. The lowest BCUT2D eigenvalue weighted by Gasteiger charge is -2.33. The molecule has 3 heterocycles. The van der Waals surface area contributed by atoms with Crippen LogP contribution in [0.15, 0.2) is 0 Å². The lowest BCUT2D eigenvalue weighted by Crippen LogP contribution is -2.45. The molecule has 0 radical (unpaired) electrons. The fourth-order valence-corrected chi connectivity index (χ4v) is 4.89. The fourth-order valence-electron chi connectivity index (χ4n) is 4.89. The number of likely N-dealkylation sites (N-methyl/N-ethyl adjacent to an activating group) is 1. The van der Waals surface area contributed by atoms with Crippen LogP contribution >= 0.6 is 0 Å². The Morgan fingerprint density at radius 3 is 1.41 bits per heavy atom. The molecule has 0 bridgehead atoms. The van der Waals surface area contributed by atoms with E-state index in [1.807, 2.05) is 13.8 Å². The maximum absolute atomic E-state index is 13.3. The van der Waals surface area contributed by atoms with Gasteiger partial charge in [-0.2, -0.15) is 0 Å². The minimum atomic E-state index is -0.922. The van der Waals surface area contributed by atoms with E-state index in [9.17, 15) is 4.39 Å². The van der Waals surface area contributed by atoms with Gasteiger partial charge in [-0.1, -0.05) is 61.8 Å². The first-order chi connectivity index (χ1) is 16.0. The number of piperidine rings is 1. The maximum Gasteiger partial charge on any atom is 0.122 e. The van der Waals surface area contributed by atoms with Crippen LogP contribution in [0, 0.1) is 17.8 Å². The third kappa shape index (κ3) is 18.1. The third-order valence-corrected chi connectivity index (χ3v) is 6.42. The Labute approximate surface area is 214 Å². The summed E-state index contributed by atoms with van der Waals surface area (Å²) in [5, 5.41) is 0. The van der Waals surface area contributed by atoms with Gasteiger partial charge in [0.25, 0.3) is 0 Å². The van der Waals surface area contributed by atoms with Crippen LogP contribution in [0.25, 0.3) is 0 Å². The summed E-state index contributed by atoms with van der Waals surface area (Å²) in [7, 11) is 2.20. The Bertz CT molecular complexity index is 453. The summed E-state index contributed by atoms with van der Waals surface area (Å²) in [5.41, 5.74) is -0.922. The van der Waals surface area contributed by atoms with Gasteiger partial charge in [0.05, 0.1) is 0 Å². The van der Waals surface area contributed by atoms with E-state index in [2.05, 4.69) is 68.2 Å². The van der Waals surface area contributed by atoms with Gasteiger partial charge in [-0.3, -0.25) is 4.90 Å². The summed E-state index contributed by atoms with van der Waals surface area (Å²) in [6.45, 7) is 32.1. The first-order valence-corrected chi connectivity index (χ1v) is 14.5. The van der Waals surface area contributed by atoms with Crippen LogP contribution in [0.3, 0.4) is 0 Å². The normalized spacial score (nSPS) is 24.9. The molecule has 3 saturated heterocycles. The van der Waals surface area contributed by atoms with Crippen LogP contribution in [-0.2, 0) is 0 Å². The fraction of sp³-hybridized carbons (Fsp3) is 1.00. The van der Waals surface area contributed by atoms with E-state index >= 15 is 0 Å². The quantitative estimate of drug-likeness (QED) is 0.448. The molecule has 0 N–H and O–H groups in total. The molecular weight excluding hydrogens is 423 g/mol. The van der Waals surface area contributed by atoms with Gasteiger partial charge >= 0.3 is 0 Å². The van der Waals surface area contributed by atoms with Gasteiger partial charge in [0.1, 0.15) is 5.67 Å². The number of rotatable bonds is 6. The van der Waals surface area contributed by atoms with Crippen molar-refractivity contribution in [2.75, 3.05) is 79.0 Å². The number of piperazine rings is 1. The molecular formula is C29H63FN4. The van der Waals surface area contributed by atoms with E-state index in [1.165, 1.54) is 71.6 Å². The van der Waals surface area contributed by atoms with E-state index in [0.717, 1.165) is 24.9 Å². The van der Waals surface area contributed by atoms with Crippen LogP contribution in [0.1, 0.15) is 88.0 Å². The van der Waals surface area contributed by atoms with E-state index in [0.29, 0.717) is 18.9 Å². The minimum absolute atomic E-state index is 0.630. The summed E-state index contributed by atoms with van der Waals surface area (Å²) >= 11 is 0. The monoisotopic (exact) mass is 487 g/mol. The Morgan fingerprint density at radius 2 is 1.03 bits per heavy atom. The van der Waals surface area contributed by atoms with Gasteiger partial charge < -0.3 is 14.7 Å². The Balaban J connectivity index is 0.000000463. The number of hydrogen-bond acceptors (Lipinski definition) is 4. The van der Waals surface area contributed by atoms with Crippen molar-refractivity contribution < 1.29 is 4.39 Å². The SMILES string of the molecule is CC.CC(C)CN1CCC(C)(F)C1.CC(C)CN1CCCCC1.CC(C)CN1CCN(C)CC1. The molecule has 0 saturated carbocycles. The molecule has 34 heavy (non-hydrogen) atoms. The highest BCUT2D eigenvalue weighted by Crippen LogP contribution is 2.24. The highest BCUT2D eigenvalue weighted by molar-refractivity contribution is 4.86. The standard InChI is InChI=1S/C9H18FN.C9H20N2.C9H19N.C2H6/c1-8(2)6-11-5-4-9(3,10)7-11;1-9(2)8-11-6-4-10(3)5-7-11;1-9(2)8-10-6-4-3-5-7-10;1-2/h8H,4-7H2,1-3H3;9H,4-8H2,1-3H3;9H,3-8H2,1-2H3;1-2H3. The molecule has 4 nitrogen and oxygen atoms in total. The first kappa shape index (κ1) is 33.8. The van der Waals surface area contributed by atoms with E-state index < -0.39 is 5.67 Å². The van der Waals surface area contributed by atoms with Crippen molar-refractivity contribution in [2.45, 2.75) is 93.7 Å². The van der Waals surface area contributed by atoms with Crippen LogP contribution < -0.4 is 0 Å². The second-order valence-electron chi connectivity index (χ2n) is 12.0. The summed E-state index contributed by atoms with van der Waals surface area (Å²) < 4.78 is 13.3. The van der Waals surface area contributed by atoms with Crippen molar-refractivity contribution in [3.63, 3.8) is 0 Å². The average Bonchev–Trinajstić information content (AvgIpc) is 3.09. The molecule has 1 unspecified atom stereocenters. The Kier molecular flexibility index (Phi) is 18.8. The summed E-state index contributed by atoms with van der Waals surface area (Å²) in [6.07, 6.45) is 5.01. The van der Waals surface area contributed by atoms with E-state index in [-0.39, 0.29) is 0 Å². The van der Waals surface area contributed by atoms with Crippen LogP contribution in [0.4, 0.5) is 4.39 Å². The molecule has 0 aromatic rings. The summed E-state index contributed by atoms with van der Waals surface area (Å²) in [5.74, 6) is 2.32. The zero-order valence-electron chi connectivity index (χ0n) is 25.0. The summed E-state index contributed by atoms with van der Waals surface area (Å²) in [6, 6.07) is 0. The maximum atomic E-state index is 13.3. The number of alkyl halides is 1. The highest BCUT2D eigenvalue weighted by atomic mass is 19.1. The highest BCUT2D eigenvalue weighted by Gasteiger charge is 2.33. The van der Waals surface area contributed by atoms with Crippen molar-refractivity contribution in [3.8, 4) is 0 Å². The third-order valence-electron chi connectivity index (χ3n) is 6.42. The number of nitrogens with zero attached hydrogens (tertiary/aromatic N) is 4. The van der Waals surface area contributed by atoms with Gasteiger partial charge in [0, 0.05) is 58.9 Å². The van der Waals surface area contributed by atoms with Gasteiger partial charge in [-0.05, 0) is 64.1 Å². The molecule has 3 rings (SSSR count). The van der Waals surface area contributed by atoms with Crippen molar-refractivity contribution in [2.24, 2.45) is 17.8 Å². The van der Waals surface area contributed by atoms with Crippen LogP contribution in [-0.4, -0.2) is 104 Å². The number of likely N-dealkylation sites (tertiary alicyclic amines) is 2. The zero-order chi connectivity index (χ0) is 26.1. The van der Waals surface area contributed by atoms with Crippen LogP contribution in [0.2, 0.25) is 0 Å². The zero-order valence-corrected chi connectivity index (χ0v) is 25.0. The van der Waals surface area contributed by atoms with Gasteiger partial charge in [-0.15, -0.1) is 0 Å². The molecule has 1 atom stereocenters. The van der Waals surface area contributed by atoms with Crippen molar-refractivity contribution in [3.05, 3.63) is 0 Å².